The summed E-state index contributed by atoms with van der Waals surface area (Å²) in [5, 5.41) is 6.10. The first-order valence-corrected chi connectivity index (χ1v) is 11.3. The van der Waals surface area contributed by atoms with Crippen LogP contribution in [0.3, 0.4) is 0 Å². The summed E-state index contributed by atoms with van der Waals surface area (Å²) in [5.74, 6) is 1.30. The lowest BCUT2D eigenvalue weighted by molar-refractivity contribution is -0.122. The number of ether oxygens (including phenoxy) is 1. The van der Waals surface area contributed by atoms with Crippen LogP contribution in [0.4, 0.5) is 5.69 Å². The molecule has 0 radical (unpaired) electrons. The summed E-state index contributed by atoms with van der Waals surface area (Å²) in [6.45, 7) is 1.85. The van der Waals surface area contributed by atoms with Gasteiger partial charge in [-0.1, -0.05) is 60.7 Å². The van der Waals surface area contributed by atoms with Crippen molar-refractivity contribution >= 4 is 29.9 Å². The third kappa shape index (κ3) is 7.61. The van der Waals surface area contributed by atoms with Crippen LogP contribution in [0.2, 0.25) is 0 Å². The maximum Gasteiger partial charge on any atom is 0.238 e. The van der Waals surface area contributed by atoms with E-state index < -0.39 is 0 Å². The molecule has 7 heteroatoms. The first-order chi connectivity index (χ1) is 16.2. The minimum atomic E-state index is -0.0781. The molecule has 0 aliphatic carbocycles. The standard InChI is InChI=1S/C27H29N3O3.ClH/c31-26(19-21-9-3-1-4-10-21)28-22-15-17-30(18-16-22)20-27(32)29-24-13-7-8-14-25(24)33-23-11-5-2-6-12-23;/h1-14,22H,15-20H2,(H,28,31)(H,29,32);1H. The number of halogens is 1. The molecule has 1 aliphatic rings. The minimum absolute atomic E-state index is 0. The fourth-order valence-electron chi connectivity index (χ4n) is 3.96. The van der Waals surface area contributed by atoms with Crippen LogP contribution in [0, 0.1) is 0 Å². The van der Waals surface area contributed by atoms with E-state index in [4.69, 9.17) is 4.74 Å². The lowest BCUT2D eigenvalue weighted by Gasteiger charge is -2.31. The fraction of sp³-hybridized carbons (Fsp3) is 0.259. The van der Waals surface area contributed by atoms with Crippen LogP contribution in [0.1, 0.15) is 18.4 Å². The number of piperidine rings is 1. The molecule has 34 heavy (non-hydrogen) atoms. The maximum atomic E-state index is 12.7. The summed E-state index contributed by atoms with van der Waals surface area (Å²) < 4.78 is 5.93. The van der Waals surface area contributed by atoms with Crippen molar-refractivity contribution < 1.29 is 14.3 Å². The second-order valence-electron chi connectivity index (χ2n) is 8.24. The van der Waals surface area contributed by atoms with Gasteiger partial charge in [0.2, 0.25) is 11.8 Å². The molecule has 1 heterocycles. The van der Waals surface area contributed by atoms with Crippen LogP contribution in [0.25, 0.3) is 0 Å². The van der Waals surface area contributed by atoms with Crippen molar-refractivity contribution in [3.05, 3.63) is 90.5 Å². The Morgan fingerprint density at radius 3 is 2.15 bits per heavy atom. The smallest absolute Gasteiger partial charge is 0.238 e. The zero-order valence-electron chi connectivity index (χ0n) is 19.0. The fourth-order valence-corrected chi connectivity index (χ4v) is 3.96. The van der Waals surface area contributed by atoms with Gasteiger partial charge < -0.3 is 15.4 Å². The summed E-state index contributed by atoms with van der Waals surface area (Å²) in [6.07, 6.45) is 2.07. The second kappa shape index (κ2) is 12.8. The van der Waals surface area contributed by atoms with E-state index in [0.717, 1.165) is 37.2 Å². The number of nitrogens with zero attached hydrogens (tertiary/aromatic N) is 1. The predicted octanol–water partition coefficient (Wildman–Crippen LogP) is 4.66. The molecule has 0 aromatic heterocycles. The van der Waals surface area contributed by atoms with E-state index in [2.05, 4.69) is 15.5 Å². The topological polar surface area (TPSA) is 70.7 Å². The molecule has 6 nitrogen and oxygen atoms in total. The summed E-state index contributed by atoms with van der Waals surface area (Å²) in [6, 6.07) is 26.8. The Hall–Kier alpha value is -3.35. The minimum Gasteiger partial charge on any atom is -0.455 e. The average Bonchev–Trinajstić information content (AvgIpc) is 2.83. The Labute approximate surface area is 206 Å². The van der Waals surface area contributed by atoms with Gasteiger partial charge in [0.15, 0.2) is 5.75 Å². The van der Waals surface area contributed by atoms with Crippen molar-refractivity contribution in [2.24, 2.45) is 0 Å². The van der Waals surface area contributed by atoms with E-state index in [9.17, 15) is 9.59 Å². The number of nitrogens with one attached hydrogen (secondary N) is 2. The molecule has 178 valence electrons. The molecular formula is C27H30ClN3O3. The van der Waals surface area contributed by atoms with E-state index in [-0.39, 0.29) is 30.3 Å². The van der Waals surface area contributed by atoms with Gasteiger partial charge in [-0.3, -0.25) is 14.5 Å². The maximum absolute atomic E-state index is 12.7. The predicted molar refractivity (Wildman–Crippen MR) is 137 cm³/mol. The lowest BCUT2D eigenvalue weighted by atomic mass is 10.0. The Bertz CT molecular complexity index is 1050. The van der Waals surface area contributed by atoms with Gasteiger partial charge in [-0.25, -0.2) is 0 Å². The van der Waals surface area contributed by atoms with Crippen molar-refractivity contribution in [1.29, 1.82) is 0 Å². The molecule has 2 amide bonds. The van der Waals surface area contributed by atoms with E-state index >= 15 is 0 Å². The molecule has 0 bridgehead atoms. The number of amides is 2. The monoisotopic (exact) mass is 479 g/mol. The number of hydrogen-bond acceptors (Lipinski definition) is 4. The number of para-hydroxylation sites is 3. The zero-order chi connectivity index (χ0) is 22.9. The third-order valence-corrected chi connectivity index (χ3v) is 5.66. The third-order valence-electron chi connectivity index (χ3n) is 5.66. The van der Waals surface area contributed by atoms with Gasteiger partial charge in [-0.2, -0.15) is 0 Å². The van der Waals surface area contributed by atoms with Gasteiger partial charge >= 0.3 is 0 Å². The first-order valence-electron chi connectivity index (χ1n) is 11.3. The van der Waals surface area contributed by atoms with E-state index in [1.807, 2.05) is 84.9 Å². The Balaban J connectivity index is 0.00000324. The van der Waals surface area contributed by atoms with Gasteiger partial charge in [0.25, 0.3) is 0 Å². The molecular weight excluding hydrogens is 450 g/mol. The molecule has 2 N–H and O–H groups in total. The molecule has 0 spiro atoms. The van der Waals surface area contributed by atoms with Crippen LogP contribution >= 0.6 is 12.4 Å². The second-order valence-corrected chi connectivity index (χ2v) is 8.24. The number of carbonyl (C=O) groups is 2. The number of carbonyl (C=O) groups excluding carboxylic acids is 2. The molecule has 3 aromatic carbocycles. The van der Waals surface area contributed by atoms with Crippen LogP contribution < -0.4 is 15.4 Å². The Kier molecular flexibility index (Phi) is 9.50. The van der Waals surface area contributed by atoms with Gasteiger partial charge in [0.05, 0.1) is 18.7 Å². The Morgan fingerprint density at radius 2 is 1.44 bits per heavy atom. The molecule has 1 fully saturated rings. The van der Waals surface area contributed by atoms with E-state index in [0.29, 0.717) is 24.4 Å². The highest BCUT2D eigenvalue weighted by Crippen LogP contribution is 2.29. The summed E-state index contributed by atoms with van der Waals surface area (Å²) >= 11 is 0. The van der Waals surface area contributed by atoms with Crippen molar-refractivity contribution in [3.63, 3.8) is 0 Å². The number of anilines is 1. The van der Waals surface area contributed by atoms with Crippen LogP contribution in [-0.2, 0) is 16.0 Å². The molecule has 0 atom stereocenters. The van der Waals surface area contributed by atoms with Gasteiger partial charge in [-0.15, -0.1) is 12.4 Å². The molecule has 3 aromatic rings. The number of rotatable bonds is 8. The van der Waals surface area contributed by atoms with Crippen molar-refractivity contribution in [1.82, 2.24) is 10.2 Å². The summed E-state index contributed by atoms with van der Waals surface area (Å²) in [7, 11) is 0. The average molecular weight is 480 g/mol. The van der Waals surface area contributed by atoms with Crippen LogP contribution in [0.15, 0.2) is 84.9 Å². The summed E-state index contributed by atoms with van der Waals surface area (Å²) in [4.78, 5) is 27.1. The number of likely N-dealkylation sites (tertiary alicyclic amines) is 1. The molecule has 4 rings (SSSR count). The number of hydrogen-bond donors (Lipinski definition) is 2. The first kappa shape index (κ1) is 25.3. The highest BCUT2D eigenvalue weighted by molar-refractivity contribution is 5.93. The van der Waals surface area contributed by atoms with Gasteiger partial charge in [0, 0.05) is 19.1 Å². The number of benzene rings is 3. The zero-order valence-corrected chi connectivity index (χ0v) is 19.8. The SMILES string of the molecule is Cl.O=C(CN1CCC(NC(=O)Cc2ccccc2)CC1)Nc1ccccc1Oc1ccccc1. The van der Waals surface area contributed by atoms with Crippen molar-refractivity contribution in [3.8, 4) is 11.5 Å². The van der Waals surface area contributed by atoms with Crippen LogP contribution in [0.5, 0.6) is 11.5 Å². The van der Waals surface area contributed by atoms with Gasteiger partial charge in [-0.05, 0) is 42.7 Å². The van der Waals surface area contributed by atoms with Crippen LogP contribution in [-0.4, -0.2) is 42.4 Å². The molecule has 1 aliphatic heterocycles. The highest BCUT2D eigenvalue weighted by atomic mass is 35.5. The van der Waals surface area contributed by atoms with Crippen molar-refractivity contribution in [2.75, 3.05) is 25.0 Å². The highest BCUT2D eigenvalue weighted by Gasteiger charge is 2.22. The van der Waals surface area contributed by atoms with Crippen molar-refractivity contribution in [2.45, 2.75) is 25.3 Å². The van der Waals surface area contributed by atoms with Gasteiger partial charge in [0.1, 0.15) is 5.75 Å². The molecule has 1 saturated heterocycles. The molecule has 0 saturated carbocycles. The lowest BCUT2D eigenvalue weighted by Crippen LogP contribution is -2.46. The largest absolute Gasteiger partial charge is 0.455 e. The quantitative estimate of drug-likeness (QED) is 0.493. The molecule has 0 unspecified atom stereocenters. The normalized spacial score (nSPS) is 14.0. The Morgan fingerprint density at radius 1 is 0.824 bits per heavy atom. The summed E-state index contributed by atoms with van der Waals surface area (Å²) in [5.41, 5.74) is 1.66. The van der Waals surface area contributed by atoms with E-state index in [1.165, 1.54) is 0 Å². The van der Waals surface area contributed by atoms with E-state index in [1.54, 1.807) is 0 Å².